The Hall–Kier alpha value is 0.140. The van der Waals surface area contributed by atoms with E-state index in [2.05, 4.69) is 28.9 Å². The van der Waals surface area contributed by atoms with E-state index in [4.69, 9.17) is 5.73 Å². The molecule has 2 N–H and O–H groups in total. The highest BCUT2D eigenvalue weighted by Gasteiger charge is 2.04. The molecule has 13 heavy (non-hydrogen) atoms. The zero-order valence-electron chi connectivity index (χ0n) is 7.98. The third-order valence-corrected chi connectivity index (χ3v) is 4.08. The highest BCUT2D eigenvalue weighted by atomic mass is 79.9. The molecule has 1 aromatic heterocycles. The molecule has 1 nitrogen and oxygen atoms in total. The monoisotopic (exact) mass is 261 g/mol. The summed E-state index contributed by atoms with van der Waals surface area (Å²) in [5.74, 6) is 0. The second kappa shape index (κ2) is 5.78. The molecule has 0 radical (unpaired) electrons. The molecular formula is C10H16BrNS. The van der Waals surface area contributed by atoms with E-state index in [0.29, 0.717) is 6.54 Å². The molecule has 0 unspecified atom stereocenters. The Morgan fingerprint density at radius 2 is 2.23 bits per heavy atom. The molecule has 0 aliphatic rings. The molecule has 1 aromatic rings. The predicted molar refractivity (Wildman–Crippen MR) is 63.1 cm³/mol. The second-order valence-electron chi connectivity index (χ2n) is 3.17. The summed E-state index contributed by atoms with van der Waals surface area (Å²) < 4.78 is 1.21. The minimum atomic E-state index is 0.644. The first-order valence-corrected chi connectivity index (χ1v) is 6.36. The lowest BCUT2D eigenvalue weighted by molar-refractivity contribution is 0.722. The number of unbranched alkanes of at least 4 members (excludes halogenated alkanes) is 2. The topological polar surface area (TPSA) is 26.0 Å². The summed E-state index contributed by atoms with van der Waals surface area (Å²) in [5, 5.41) is 0. The Balaban J connectivity index is 2.48. The van der Waals surface area contributed by atoms with Gasteiger partial charge in [0.2, 0.25) is 0 Å². The Bertz CT molecular complexity index is 257. The summed E-state index contributed by atoms with van der Waals surface area (Å²) in [5.41, 5.74) is 6.84. The zero-order valence-corrected chi connectivity index (χ0v) is 10.4. The Kier molecular flexibility index (Phi) is 4.99. The van der Waals surface area contributed by atoms with Crippen LogP contribution in [-0.4, -0.2) is 0 Å². The maximum absolute atomic E-state index is 5.60. The SMILES string of the molecule is CCCCCc1cc(CN)c(Br)s1. The number of halogens is 1. The summed E-state index contributed by atoms with van der Waals surface area (Å²) >= 11 is 5.35. The van der Waals surface area contributed by atoms with Gasteiger partial charge in [0.05, 0.1) is 3.79 Å². The van der Waals surface area contributed by atoms with Crippen LogP contribution in [0.2, 0.25) is 0 Å². The van der Waals surface area contributed by atoms with E-state index in [1.54, 1.807) is 0 Å². The summed E-state index contributed by atoms with van der Waals surface area (Å²) in [6.07, 6.45) is 5.12. The lowest BCUT2D eigenvalue weighted by atomic mass is 10.2. The number of hydrogen-bond acceptors (Lipinski definition) is 2. The van der Waals surface area contributed by atoms with Crippen LogP contribution in [0.5, 0.6) is 0 Å². The molecule has 0 fully saturated rings. The van der Waals surface area contributed by atoms with Crippen LogP contribution in [0.1, 0.15) is 36.6 Å². The number of rotatable bonds is 5. The Labute approximate surface area is 92.5 Å². The first kappa shape index (κ1) is 11.2. The average Bonchev–Trinajstić information content (AvgIpc) is 2.47. The van der Waals surface area contributed by atoms with Crippen LogP contribution < -0.4 is 5.73 Å². The molecule has 1 rings (SSSR count). The van der Waals surface area contributed by atoms with Gasteiger partial charge >= 0.3 is 0 Å². The van der Waals surface area contributed by atoms with Crippen molar-refractivity contribution in [2.45, 2.75) is 39.2 Å². The van der Waals surface area contributed by atoms with Gasteiger partial charge in [0.15, 0.2) is 0 Å². The maximum atomic E-state index is 5.60. The van der Waals surface area contributed by atoms with Crippen molar-refractivity contribution >= 4 is 27.3 Å². The van der Waals surface area contributed by atoms with Crippen molar-refractivity contribution in [2.75, 3.05) is 0 Å². The number of thiophene rings is 1. The van der Waals surface area contributed by atoms with Gasteiger partial charge in [-0.15, -0.1) is 11.3 Å². The molecule has 0 aromatic carbocycles. The smallest absolute Gasteiger partial charge is 0.0746 e. The van der Waals surface area contributed by atoms with Gasteiger partial charge in [0, 0.05) is 11.4 Å². The molecule has 3 heteroatoms. The predicted octanol–water partition coefficient (Wildman–Crippen LogP) is 3.70. The van der Waals surface area contributed by atoms with Crippen LogP contribution in [0.15, 0.2) is 9.85 Å². The first-order chi connectivity index (χ1) is 6.27. The number of hydrogen-bond donors (Lipinski definition) is 1. The fourth-order valence-corrected chi connectivity index (χ4v) is 3.12. The van der Waals surface area contributed by atoms with Gasteiger partial charge in [-0.2, -0.15) is 0 Å². The highest BCUT2D eigenvalue weighted by molar-refractivity contribution is 9.11. The third kappa shape index (κ3) is 3.41. The first-order valence-electron chi connectivity index (χ1n) is 4.75. The molecule has 0 bridgehead atoms. The highest BCUT2D eigenvalue weighted by Crippen LogP contribution is 2.28. The molecule has 0 spiro atoms. The van der Waals surface area contributed by atoms with E-state index in [1.165, 1.54) is 39.9 Å². The van der Waals surface area contributed by atoms with Gasteiger partial charge in [-0.1, -0.05) is 19.8 Å². The maximum Gasteiger partial charge on any atom is 0.0746 e. The minimum Gasteiger partial charge on any atom is -0.326 e. The fraction of sp³-hybridized carbons (Fsp3) is 0.600. The van der Waals surface area contributed by atoms with Crippen molar-refractivity contribution in [3.63, 3.8) is 0 Å². The van der Waals surface area contributed by atoms with Gasteiger partial charge in [0.1, 0.15) is 0 Å². The molecule has 0 aliphatic carbocycles. The Morgan fingerprint density at radius 3 is 2.77 bits per heavy atom. The molecule has 0 atom stereocenters. The van der Waals surface area contributed by atoms with E-state index in [-0.39, 0.29) is 0 Å². The standard InChI is InChI=1S/C10H16BrNS/c1-2-3-4-5-9-6-8(7-12)10(11)13-9/h6H,2-5,7,12H2,1H3. The van der Waals surface area contributed by atoms with Crippen LogP contribution in [-0.2, 0) is 13.0 Å². The van der Waals surface area contributed by atoms with Gasteiger partial charge in [-0.05, 0) is 40.4 Å². The van der Waals surface area contributed by atoms with Crippen LogP contribution >= 0.6 is 27.3 Å². The number of nitrogens with two attached hydrogens (primary N) is 1. The zero-order chi connectivity index (χ0) is 9.68. The van der Waals surface area contributed by atoms with Crippen LogP contribution in [0.25, 0.3) is 0 Å². The molecular weight excluding hydrogens is 246 g/mol. The molecule has 0 aliphatic heterocycles. The lowest BCUT2D eigenvalue weighted by Gasteiger charge is -1.94. The van der Waals surface area contributed by atoms with Crippen molar-refractivity contribution in [3.8, 4) is 0 Å². The van der Waals surface area contributed by atoms with Crippen LogP contribution in [0, 0.1) is 0 Å². The van der Waals surface area contributed by atoms with E-state index in [0.717, 1.165) is 0 Å². The van der Waals surface area contributed by atoms with Gasteiger partial charge in [-0.25, -0.2) is 0 Å². The molecule has 0 saturated heterocycles. The summed E-state index contributed by atoms with van der Waals surface area (Å²) in [4.78, 5) is 1.46. The van der Waals surface area contributed by atoms with Crippen molar-refractivity contribution in [1.82, 2.24) is 0 Å². The summed E-state index contributed by atoms with van der Waals surface area (Å²) in [6.45, 7) is 2.88. The second-order valence-corrected chi connectivity index (χ2v) is 5.63. The van der Waals surface area contributed by atoms with E-state index < -0.39 is 0 Å². The van der Waals surface area contributed by atoms with Gasteiger partial charge < -0.3 is 5.73 Å². The minimum absolute atomic E-state index is 0.644. The van der Waals surface area contributed by atoms with Crippen LogP contribution in [0.4, 0.5) is 0 Å². The quantitative estimate of drug-likeness (QED) is 0.804. The van der Waals surface area contributed by atoms with E-state index in [1.807, 2.05) is 11.3 Å². The summed E-state index contributed by atoms with van der Waals surface area (Å²) in [6, 6.07) is 2.23. The van der Waals surface area contributed by atoms with Crippen molar-refractivity contribution in [3.05, 3.63) is 20.3 Å². The molecule has 1 heterocycles. The largest absolute Gasteiger partial charge is 0.326 e. The normalized spacial score (nSPS) is 10.7. The summed E-state index contributed by atoms with van der Waals surface area (Å²) in [7, 11) is 0. The van der Waals surface area contributed by atoms with Crippen molar-refractivity contribution in [2.24, 2.45) is 5.73 Å². The number of aryl methyl sites for hydroxylation is 1. The van der Waals surface area contributed by atoms with Gasteiger partial charge in [0.25, 0.3) is 0 Å². The Morgan fingerprint density at radius 1 is 1.46 bits per heavy atom. The van der Waals surface area contributed by atoms with E-state index >= 15 is 0 Å². The lowest BCUT2D eigenvalue weighted by Crippen LogP contribution is -1.94. The van der Waals surface area contributed by atoms with Crippen molar-refractivity contribution < 1.29 is 0 Å². The van der Waals surface area contributed by atoms with E-state index in [9.17, 15) is 0 Å². The van der Waals surface area contributed by atoms with Crippen LogP contribution in [0.3, 0.4) is 0 Å². The van der Waals surface area contributed by atoms with Gasteiger partial charge in [-0.3, -0.25) is 0 Å². The fourth-order valence-electron chi connectivity index (χ4n) is 1.27. The third-order valence-electron chi connectivity index (χ3n) is 2.06. The molecule has 0 saturated carbocycles. The average molecular weight is 262 g/mol. The van der Waals surface area contributed by atoms with Crippen molar-refractivity contribution in [1.29, 1.82) is 0 Å². The molecule has 0 amide bonds. The molecule has 74 valence electrons.